The molecule has 0 saturated carbocycles. The van der Waals surface area contributed by atoms with Gasteiger partial charge in [0.2, 0.25) is 0 Å². The summed E-state index contributed by atoms with van der Waals surface area (Å²) < 4.78 is 0. The summed E-state index contributed by atoms with van der Waals surface area (Å²) in [6.45, 7) is 4.84. The van der Waals surface area contributed by atoms with Crippen LogP contribution in [0.4, 0.5) is 10.5 Å². The highest BCUT2D eigenvalue weighted by atomic mass is 16.2. The minimum absolute atomic E-state index is 0.0567. The molecular weight excluding hydrogens is 326 g/mol. The van der Waals surface area contributed by atoms with Crippen molar-refractivity contribution in [2.75, 3.05) is 18.4 Å². The number of anilines is 1. The highest BCUT2D eigenvalue weighted by Gasteiger charge is 2.18. The molecule has 6 nitrogen and oxygen atoms in total. The summed E-state index contributed by atoms with van der Waals surface area (Å²) in [5.41, 5.74) is 4.40. The van der Waals surface area contributed by atoms with E-state index in [4.69, 9.17) is 0 Å². The Labute approximate surface area is 152 Å². The molecule has 4 rings (SSSR count). The molecule has 0 spiro atoms. The number of amides is 2. The third-order valence-corrected chi connectivity index (χ3v) is 4.84. The van der Waals surface area contributed by atoms with E-state index in [1.54, 1.807) is 6.20 Å². The van der Waals surface area contributed by atoms with Crippen LogP contribution in [0.3, 0.4) is 0 Å². The molecule has 3 N–H and O–H groups in total. The third-order valence-electron chi connectivity index (χ3n) is 4.84. The van der Waals surface area contributed by atoms with Crippen molar-refractivity contribution in [3.8, 4) is 0 Å². The summed E-state index contributed by atoms with van der Waals surface area (Å²) >= 11 is 0. The molecule has 0 unspecified atom stereocenters. The molecule has 134 valence electrons. The minimum atomic E-state index is -0.197. The Morgan fingerprint density at radius 2 is 2.08 bits per heavy atom. The number of urea groups is 1. The van der Waals surface area contributed by atoms with Crippen molar-refractivity contribution in [2.45, 2.75) is 25.9 Å². The highest BCUT2D eigenvalue weighted by Crippen LogP contribution is 2.20. The SMILES string of the molecule is C[C@H](CN1CCc2ccccc2C1)NC(=O)Nc1cccc2cn[nH]c12. The summed E-state index contributed by atoms with van der Waals surface area (Å²) in [5, 5.41) is 13.9. The Morgan fingerprint density at radius 3 is 2.96 bits per heavy atom. The predicted molar refractivity (Wildman–Crippen MR) is 103 cm³/mol. The number of benzene rings is 2. The van der Waals surface area contributed by atoms with Crippen molar-refractivity contribution in [1.82, 2.24) is 20.4 Å². The second-order valence-electron chi connectivity index (χ2n) is 6.89. The van der Waals surface area contributed by atoms with Gasteiger partial charge in [-0.15, -0.1) is 0 Å². The Bertz CT molecular complexity index is 919. The largest absolute Gasteiger partial charge is 0.334 e. The number of carbonyl (C=O) groups excluding carboxylic acids is 1. The zero-order valence-electron chi connectivity index (χ0n) is 14.8. The van der Waals surface area contributed by atoms with E-state index >= 15 is 0 Å². The van der Waals surface area contributed by atoms with Crippen LogP contribution in [0.1, 0.15) is 18.1 Å². The number of hydrogen-bond acceptors (Lipinski definition) is 3. The van der Waals surface area contributed by atoms with Gasteiger partial charge in [-0.05, 0) is 30.5 Å². The fourth-order valence-electron chi connectivity index (χ4n) is 3.60. The normalized spacial score (nSPS) is 15.4. The van der Waals surface area contributed by atoms with Crippen molar-refractivity contribution in [3.05, 3.63) is 59.8 Å². The molecule has 1 atom stereocenters. The lowest BCUT2D eigenvalue weighted by molar-refractivity contribution is 0.221. The van der Waals surface area contributed by atoms with Crippen molar-refractivity contribution in [2.24, 2.45) is 0 Å². The fraction of sp³-hybridized carbons (Fsp3) is 0.300. The fourth-order valence-corrected chi connectivity index (χ4v) is 3.60. The average Bonchev–Trinajstić information content (AvgIpc) is 3.11. The lowest BCUT2D eigenvalue weighted by Crippen LogP contribution is -2.45. The standard InChI is InChI=1S/C20H23N5O/c1-14(12-25-10-9-15-5-2-3-6-17(15)13-25)22-20(26)23-18-8-4-7-16-11-21-24-19(16)18/h2-8,11,14H,9-10,12-13H2,1H3,(H,21,24)(H2,22,23,26)/t14-/m1/s1. The van der Waals surface area contributed by atoms with E-state index in [0.29, 0.717) is 0 Å². The second-order valence-corrected chi connectivity index (χ2v) is 6.89. The molecule has 0 fully saturated rings. The lowest BCUT2D eigenvalue weighted by Gasteiger charge is -2.31. The Balaban J connectivity index is 1.33. The van der Waals surface area contributed by atoms with Crippen LogP contribution in [-0.2, 0) is 13.0 Å². The van der Waals surface area contributed by atoms with E-state index < -0.39 is 0 Å². The smallest absolute Gasteiger partial charge is 0.319 e. The number of para-hydroxylation sites is 1. The number of hydrogen-bond donors (Lipinski definition) is 3. The summed E-state index contributed by atoms with van der Waals surface area (Å²) in [7, 11) is 0. The van der Waals surface area contributed by atoms with E-state index in [-0.39, 0.29) is 12.1 Å². The molecule has 6 heteroatoms. The Hall–Kier alpha value is -2.86. The molecule has 1 aromatic heterocycles. The van der Waals surface area contributed by atoms with E-state index in [2.05, 4.69) is 50.0 Å². The summed E-state index contributed by atoms with van der Waals surface area (Å²) in [6.07, 6.45) is 2.81. The number of aromatic amines is 1. The van der Waals surface area contributed by atoms with E-state index in [9.17, 15) is 4.79 Å². The van der Waals surface area contributed by atoms with Crippen molar-refractivity contribution < 1.29 is 4.79 Å². The van der Waals surface area contributed by atoms with Gasteiger partial charge < -0.3 is 10.6 Å². The van der Waals surface area contributed by atoms with Gasteiger partial charge in [0.15, 0.2) is 0 Å². The van der Waals surface area contributed by atoms with E-state index in [0.717, 1.165) is 42.6 Å². The van der Waals surface area contributed by atoms with Crippen LogP contribution in [-0.4, -0.2) is 40.3 Å². The number of rotatable bonds is 4. The van der Waals surface area contributed by atoms with Gasteiger partial charge in [0.05, 0.1) is 17.4 Å². The van der Waals surface area contributed by atoms with Crippen molar-refractivity contribution in [3.63, 3.8) is 0 Å². The lowest BCUT2D eigenvalue weighted by atomic mass is 10.00. The first-order chi connectivity index (χ1) is 12.7. The van der Waals surface area contributed by atoms with Gasteiger partial charge in [-0.3, -0.25) is 10.00 Å². The van der Waals surface area contributed by atoms with Crippen LogP contribution >= 0.6 is 0 Å². The highest BCUT2D eigenvalue weighted by molar-refractivity contribution is 5.99. The zero-order valence-corrected chi connectivity index (χ0v) is 14.8. The van der Waals surface area contributed by atoms with Crippen LogP contribution in [0, 0.1) is 0 Å². The average molecular weight is 349 g/mol. The molecule has 0 saturated heterocycles. The molecule has 2 amide bonds. The minimum Gasteiger partial charge on any atom is -0.334 e. The molecule has 0 radical (unpaired) electrons. The molecular formula is C20H23N5O. The Kier molecular flexibility index (Phi) is 4.58. The number of fused-ring (bicyclic) bond motifs is 2. The first kappa shape index (κ1) is 16.6. The van der Waals surface area contributed by atoms with Crippen molar-refractivity contribution >= 4 is 22.6 Å². The quantitative estimate of drug-likeness (QED) is 0.677. The number of aromatic nitrogens is 2. The van der Waals surface area contributed by atoms with E-state index in [1.807, 2.05) is 25.1 Å². The molecule has 1 aliphatic heterocycles. The van der Waals surface area contributed by atoms with Crippen LogP contribution in [0.5, 0.6) is 0 Å². The summed E-state index contributed by atoms with van der Waals surface area (Å²) in [4.78, 5) is 14.7. The van der Waals surface area contributed by atoms with Gasteiger partial charge in [-0.2, -0.15) is 5.10 Å². The molecule has 2 aromatic carbocycles. The van der Waals surface area contributed by atoms with Gasteiger partial charge in [0.1, 0.15) is 0 Å². The van der Waals surface area contributed by atoms with Crippen LogP contribution in [0.25, 0.3) is 10.9 Å². The van der Waals surface area contributed by atoms with Gasteiger partial charge in [0.25, 0.3) is 0 Å². The van der Waals surface area contributed by atoms with Crippen LogP contribution in [0.2, 0.25) is 0 Å². The van der Waals surface area contributed by atoms with Crippen molar-refractivity contribution in [1.29, 1.82) is 0 Å². The molecule has 0 aliphatic carbocycles. The zero-order chi connectivity index (χ0) is 17.9. The first-order valence-electron chi connectivity index (χ1n) is 8.98. The van der Waals surface area contributed by atoms with Gasteiger partial charge >= 0.3 is 6.03 Å². The Morgan fingerprint density at radius 1 is 1.23 bits per heavy atom. The number of nitrogens with one attached hydrogen (secondary N) is 3. The third kappa shape index (κ3) is 3.55. The maximum atomic E-state index is 12.4. The maximum Gasteiger partial charge on any atom is 0.319 e. The predicted octanol–water partition coefficient (Wildman–Crippen LogP) is 3.13. The second kappa shape index (κ2) is 7.17. The maximum absolute atomic E-state index is 12.4. The molecule has 1 aliphatic rings. The molecule has 3 aromatic rings. The topological polar surface area (TPSA) is 73.1 Å². The van der Waals surface area contributed by atoms with Gasteiger partial charge in [-0.25, -0.2) is 4.79 Å². The van der Waals surface area contributed by atoms with Gasteiger partial charge in [-0.1, -0.05) is 36.4 Å². The van der Waals surface area contributed by atoms with Gasteiger partial charge in [0, 0.05) is 31.1 Å². The van der Waals surface area contributed by atoms with E-state index in [1.165, 1.54) is 11.1 Å². The number of nitrogens with zero attached hydrogens (tertiary/aromatic N) is 2. The molecule has 2 heterocycles. The monoisotopic (exact) mass is 349 g/mol. The van der Waals surface area contributed by atoms with Crippen LogP contribution < -0.4 is 10.6 Å². The summed E-state index contributed by atoms with van der Waals surface area (Å²) in [6, 6.07) is 14.2. The number of carbonyl (C=O) groups is 1. The summed E-state index contributed by atoms with van der Waals surface area (Å²) in [5.74, 6) is 0. The molecule has 26 heavy (non-hydrogen) atoms. The number of H-pyrrole nitrogens is 1. The molecule has 0 bridgehead atoms. The van der Waals surface area contributed by atoms with Crippen LogP contribution in [0.15, 0.2) is 48.7 Å². The first-order valence-corrected chi connectivity index (χ1v) is 8.98.